The van der Waals surface area contributed by atoms with E-state index < -0.39 is 23.3 Å². The van der Waals surface area contributed by atoms with E-state index in [0.29, 0.717) is 18.4 Å². The molecule has 1 aromatic carbocycles. The maximum absolute atomic E-state index is 13.5. The molecule has 0 atom stereocenters. The van der Waals surface area contributed by atoms with Crippen molar-refractivity contribution in [3.05, 3.63) is 53.7 Å². The summed E-state index contributed by atoms with van der Waals surface area (Å²) < 4.78 is 45.8. The number of rotatable bonds is 3. The van der Waals surface area contributed by atoms with Crippen LogP contribution in [0.4, 0.5) is 18.9 Å². The molecule has 0 bridgehead atoms. The van der Waals surface area contributed by atoms with Gasteiger partial charge in [0.1, 0.15) is 11.6 Å². The summed E-state index contributed by atoms with van der Waals surface area (Å²) in [5.74, 6) is -0.266. The normalized spacial score (nSPS) is 13.4. The Morgan fingerprint density at radius 3 is 2.67 bits per heavy atom. The van der Waals surface area contributed by atoms with Crippen molar-refractivity contribution in [1.29, 1.82) is 0 Å². The molecule has 0 saturated heterocycles. The third-order valence-electron chi connectivity index (χ3n) is 3.82. The van der Waals surface area contributed by atoms with Crippen LogP contribution < -0.4 is 15.8 Å². The van der Waals surface area contributed by atoms with Crippen LogP contribution in [0.5, 0.6) is 5.75 Å². The topological polar surface area (TPSA) is 89.6 Å². The van der Waals surface area contributed by atoms with Crippen LogP contribution in [0.2, 0.25) is 0 Å². The lowest BCUT2D eigenvalue weighted by Gasteiger charge is -2.17. The fraction of sp³-hybridized carbons (Fsp3) is 0.167. The minimum Gasteiger partial charge on any atom is -0.496 e. The zero-order valence-corrected chi connectivity index (χ0v) is 14.2. The molecule has 0 saturated carbocycles. The molecule has 6 nitrogen and oxygen atoms in total. The van der Waals surface area contributed by atoms with Crippen molar-refractivity contribution in [2.24, 2.45) is 4.99 Å². The van der Waals surface area contributed by atoms with Crippen LogP contribution in [0, 0.1) is 0 Å². The number of nitrogens with two attached hydrogens (primary N) is 1. The van der Waals surface area contributed by atoms with E-state index in [1.165, 1.54) is 19.2 Å². The number of pyridine rings is 1. The van der Waals surface area contributed by atoms with Gasteiger partial charge in [-0.25, -0.2) is 4.98 Å². The van der Waals surface area contributed by atoms with Gasteiger partial charge in [0.05, 0.1) is 30.6 Å². The predicted octanol–water partition coefficient (Wildman–Crippen LogP) is 3.06. The average molecular weight is 376 g/mol. The van der Waals surface area contributed by atoms with Crippen molar-refractivity contribution in [2.45, 2.75) is 6.18 Å². The Morgan fingerprint density at radius 2 is 2.04 bits per heavy atom. The zero-order chi connectivity index (χ0) is 19.6. The Bertz CT molecular complexity index is 952. The molecule has 1 amide bonds. The molecule has 0 radical (unpaired) electrons. The smallest absolute Gasteiger partial charge is 0.418 e. The van der Waals surface area contributed by atoms with Crippen LogP contribution >= 0.6 is 0 Å². The molecule has 0 fully saturated rings. The first-order valence-electron chi connectivity index (χ1n) is 7.84. The Kier molecular flexibility index (Phi) is 4.85. The number of carbonyl (C=O) groups is 1. The van der Waals surface area contributed by atoms with Crippen molar-refractivity contribution in [1.82, 2.24) is 10.3 Å². The Balaban J connectivity index is 2.15. The number of anilines is 1. The molecular weight excluding hydrogens is 361 g/mol. The van der Waals surface area contributed by atoms with Gasteiger partial charge in [0.15, 0.2) is 5.69 Å². The van der Waals surface area contributed by atoms with Gasteiger partial charge in [-0.15, -0.1) is 0 Å². The van der Waals surface area contributed by atoms with E-state index in [0.717, 1.165) is 0 Å². The molecule has 1 aromatic heterocycles. The number of aromatic nitrogens is 1. The largest absolute Gasteiger partial charge is 0.496 e. The van der Waals surface area contributed by atoms with Gasteiger partial charge in [-0.1, -0.05) is 18.2 Å². The average Bonchev–Trinajstić information content (AvgIpc) is 3.13. The molecule has 0 spiro atoms. The summed E-state index contributed by atoms with van der Waals surface area (Å²) in [4.78, 5) is 20.4. The number of amidine groups is 1. The second kappa shape index (κ2) is 7.10. The molecule has 1 aliphatic heterocycles. The molecule has 1 aliphatic rings. The van der Waals surface area contributed by atoms with Crippen molar-refractivity contribution in [2.75, 3.05) is 19.4 Å². The predicted molar refractivity (Wildman–Crippen MR) is 94.5 cm³/mol. The minimum absolute atomic E-state index is 0.0967. The number of carbonyl (C=O) groups excluding carboxylic acids is 1. The SMILES string of the molecule is COc1ccccc1-c1nc(C(=O)NC2=NCC=C2)c(N)cc1C(F)(F)F. The fourth-order valence-electron chi connectivity index (χ4n) is 2.60. The number of nitrogens with zero attached hydrogens (tertiary/aromatic N) is 2. The van der Waals surface area contributed by atoms with Gasteiger partial charge in [0.2, 0.25) is 0 Å². The molecule has 0 aliphatic carbocycles. The molecule has 27 heavy (non-hydrogen) atoms. The Hall–Kier alpha value is -3.36. The van der Waals surface area contributed by atoms with Crippen molar-refractivity contribution in [3.63, 3.8) is 0 Å². The second-order valence-electron chi connectivity index (χ2n) is 5.60. The molecule has 3 N–H and O–H groups in total. The molecule has 2 heterocycles. The first-order chi connectivity index (χ1) is 12.8. The summed E-state index contributed by atoms with van der Waals surface area (Å²) in [5.41, 5.74) is 3.58. The minimum atomic E-state index is -4.72. The molecule has 9 heteroatoms. The number of ether oxygens (including phenoxy) is 1. The number of para-hydroxylation sites is 1. The number of aliphatic imine (C=N–C) groups is 1. The zero-order valence-electron chi connectivity index (χ0n) is 14.2. The molecule has 3 rings (SSSR count). The maximum Gasteiger partial charge on any atom is 0.418 e. The van der Waals surface area contributed by atoms with Gasteiger partial charge >= 0.3 is 6.18 Å². The number of alkyl halides is 3. The molecular formula is C18H15F3N4O2. The van der Waals surface area contributed by atoms with Gasteiger partial charge in [0.25, 0.3) is 5.91 Å². The van der Waals surface area contributed by atoms with E-state index in [4.69, 9.17) is 10.5 Å². The first-order valence-corrected chi connectivity index (χ1v) is 7.84. The van der Waals surface area contributed by atoms with E-state index in [1.807, 2.05) is 0 Å². The van der Waals surface area contributed by atoms with Crippen molar-refractivity contribution >= 4 is 17.4 Å². The molecule has 2 aromatic rings. The molecule has 140 valence electrons. The Morgan fingerprint density at radius 1 is 1.30 bits per heavy atom. The van der Waals surface area contributed by atoms with E-state index in [1.54, 1.807) is 24.3 Å². The van der Waals surface area contributed by atoms with Crippen LogP contribution in [0.15, 0.2) is 47.5 Å². The van der Waals surface area contributed by atoms with Gasteiger partial charge in [-0.2, -0.15) is 13.2 Å². The first kappa shape index (κ1) is 18.4. The number of hydrogen-bond donors (Lipinski definition) is 2. The standard InChI is InChI=1S/C18H15F3N4O2/c1-27-13-6-3-2-5-10(13)15-11(18(19,20)21)9-12(22)16(25-15)17(26)24-14-7-4-8-23-14/h2-7,9H,8,22H2,1H3,(H,23,24,26). The number of halogens is 3. The van der Waals surface area contributed by atoms with E-state index in [9.17, 15) is 18.0 Å². The lowest BCUT2D eigenvalue weighted by atomic mass is 10.0. The summed E-state index contributed by atoms with van der Waals surface area (Å²) in [6.07, 6.45) is -1.41. The van der Waals surface area contributed by atoms with Crippen LogP contribution in [0.1, 0.15) is 16.1 Å². The number of nitrogen functional groups attached to an aromatic ring is 1. The summed E-state index contributed by atoms with van der Waals surface area (Å²) in [6, 6.07) is 6.80. The second-order valence-corrected chi connectivity index (χ2v) is 5.60. The quantitative estimate of drug-likeness (QED) is 0.862. The third-order valence-corrected chi connectivity index (χ3v) is 3.82. The summed E-state index contributed by atoms with van der Waals surface area (Å²) in [6.45, 7) is 0.415. The summed E-state index contributed by atoms with van der Waals surface area (Å²) in [5, 5.41) is 2.47. The number of hydrogen-bond acceptors (Lipinski definition) is 5. The molecule has 0 unspecified atom stereocenters. The van der Waals surface area contributed by atoms with Gasteiger partial charge < -0.3 is 15.8 Å². The van der Waals surface area contributed by atoms with Gasteiger partial charge in [-0.3, -0.25) is 9.79 Å². The van der Waals surface area contributed by atoms with Crippen LogP contribution in [-0.4, -0.2) is 30.4 Å². The Labute approximate surface area is 152 Å². The lowest BCUT2D eigenvalue weighted by molar-refractivity contribution is -0.137. The summed E-state index contributed by atoms with van der Waals surface area (Å²) >= 11 is 0. The highest BCUT2D eigenvalue weighted by Gasteiger charge is 2.37. The van der Waals surface area contributed by atoms with Crippen LogP contribution in [0.3, 0.4) is 0 Å². The highest BCUT2D eigenvalue weighted by Crippen LogP contribution is 2.40. The van der Waals surface area contributed by atoms with Crippen molar-refractivity contribution < 1.29 is 22.7 Å². The summed E-state index contributed by atoms with van der Waals surface area (Å²) in [7, 11) is 1.33. The van der Waals surface area contributed by atoms with Crippen molar-refractivity contribution in [3.8, 4) is 17.0 Å². The number of benzene rings is 1. The highest BCUT2D eigenvalue weighted by molar-refractivity contribution is 6.12. The fourth-order valence-corrected chi connectivity index (χ4v) is 2.60. The number of nitrogens with one attached hydrogen (secondary N) is 1. The monoisotopic (exact) mass is 376 g/mol. The van der Waals surface area contributed by atoms with E-state index >= 15 is 0 Å². The van der Waals surface area contributed by atoms with E-state index in [-0.39, 0.29) is 22.7 Å². The van der Waals surface area contributed by atoms with Crippen LogP contribution in [0.25, 0.3) is 11.3 Å². The third kappa shape index (κ3) is 3.76. The number of amides is 1. The highest BCUT2D eigenvalue weighted by atomic mass is 19.4. The van der Waals surface area contributed by atoms with Crippen LogP contribution in [-0.2, 0) is 6.18 Å². The maximum atomic E-state index is 13.5. The number of methoxy groups -OCH3 is 1. The van der Waals surface area contributed by atoms with E-state index in [2.05, 4.69) is 15.3 Å². The van der Waals surface area contributed by atoms with Gasteiger partial charge in [-0.05, 0) is 24.3 Å². The lowest BCUT2D eigenvalue weighted by Crippen LogP contribution is -2.30. The van der Waals surface area contributed by atoms with Gasteiger partial charge in [0, 0.05) is 5.56 Å².